The van der Waals surface area contributed by atoms with Crippen molar-refractivity contribution in [1.29, 1.82) is 0 Å². The van der Waals surface area contributed by atoms with E-state index in [4.69, 9.17) is 10.5 Å². The first-order valence-corrected chi connectivity index (χ1v) is 7.58. The molecule has 0 saturated carbocycles. The Hall–Kier alpha value is -0.840. The summed E-state index contributed by atoms with van der Waals surface area (Å²) in [4.78, 5) is 1.22. The summed E-state index contributed by atoms with van der Waals surface area (Å²) in [7, 11) is 0. The third kappa shape index (κ3) is 2.09. The summed E-state index contributed by atoms with van der Waals surface area (Å²) in [5, 5.41) is 2.07. The molecular formula is C14H14BrNOS. The van der Waals surface area contributed by atoms with Crippen LogP contribution in [0.1, 0.15) is 34.6 Å². The maximum Gasteiger partial charge on any atom is 0.136 e. The molecule has 0 aliphatic carbocycles. The highest BCUT2D eigenvalue weighted by Crippen LogP contribution is 2.43. The second-order valence-corrected chi connectivity index (χ2v) is 6.42. The van der Waals surface area contributed by atoms with Gasteiger partial charge in [-0.3, -0.25) is 0 Å². The molecule has 0 fully saturated rings. The largest absolute Gasteiger partial charge is 0.484 e. The van der Waals surface area contributed by atoms with E-state index in [2.05, 4.69) is 46.4 Å². The van der Waals surface area contributed by atoms with E-state index in [9.17, 15) is 0 Å². The number of nitrogens with two attached hydrogens (primary N) is 1. The van der Waals surface area contributed by atoms with E-state index in [1.54, 1.807) is 11.3 Å². The Morgan fingerprint density at radius 1 is 1.39 bits per heavy atom. The van der Waals surface area contributed by atoms with Crippen LogP contribution in [-0.4, -0.2) is 0 Å². The summed E-state index contributed by atoms with van der Waals surface area (Å²) >= 11 is 5.27. The zero-order chi connectivity index (χ0) is 12.7. The second-order valence-electron chi connectivity index (χ2n) is 4.62. The van der Waals surface area contributed by atoms with E-state index >= 15 is 0 Å². The zero-order valence-electron chi connectivity index (χ0n) is 10.0. The highest BCUT2D eigenvalue weighted by Gasteiger charge is 2.28. The maximum absolute atomic E-state index is 6.27. The molecule has 2 atom stereocenters. The molecule has 2 N–H and O–H groups in total. The van der Waals surface area contributed by atoms with Crippen molar-refractivity contribution in [3.05, 3.63) is 50.1 Å². The molecule has 1 aromatic heterocycles. The Bertz CT molecular complexity index is 581. The lowest BCUT2D eigenvalue weighted by molar-refractivity contribution is 0.164. The van der Waals surface area contributed by atoms with Crippen LogP contribution < -0.4 is 10.5 Å². The number of aryl methyl sites for hydroxylation is 1. The normalized spacial score (nSPS) is 22.4. The molecule has 3 rings (SSSR count). The predicted octanol–water partition coefficient (Wildman–Crippen LogP) is 4.34. The average Bonchev–Trinajstić information content (AvgIpc) is 2.76. The van der Waals surface area contributed by atoms with Gasteiger partial charge in [0.05, 0.1) is 4.88 Å². The van der Waals surface area contributed by atoms with E-state index < -0.39 is 0 Å². The Morgan fingerprint density at radius 3 is 2.94 bits per heavy atom. The van der Waals surface area contributed by atoms with E-state index in [0.29, 0.717) is 0 Å². The molecule has 0 spiro atoms. The lowest BCUT2D eigenvalue weighted by Crippen LogP contribution is -2.23. The van der Waals surface area contributed by atoms with E-state index in [1.807, 2.05) is 6.07 Å². The zero-order valence-corrected chi connectivity index (χ0v) is 12.4. The smallest absolute Gasteiger partial charge is 0.136 e. The van der Waals surface area contributed by atoms with Gasteiger partial charge in [0.2, 0.25) is 0 Å². The van der Waals surface area contributed by atoms with Gasteiger partial charge in [-0.2, -0.15) is 0 Å². The van der Waals surface area contributed by atoms with Gasteiger partial charge in [-0.1, -0.05) is 17.7 Å². The summed E-state index contributed by atoms with van der Waals surface area (Å²) in [6, 6.07) is 8.32. The van der Waals surface area contributed by atoms with Gasteiger partial charge in [0.25, 0.3) is 0 Å². The van der Waals surface area contributed by atoms with Gasteiger partial charge < -0.3 is 10.5 Å². The Balaban J connectivity index is 1.97. The second kappa shape index (κ2) is 4.68. The monoisotopic (exact) mass is 323 g/mol. The molecule has 0 saturated heterocycles. The minimum atomic E-state index is 0.0487. The third-order valence-electron chi connectivity index (χ3n) is 3.24. The van der Waals surface area contributed by atoms with Crippen molar-refractivity contribution in [2.24, 2.45) is 5.73 Å². The molecule has 1 aliphatic rings. The number of rotatable bonds is 1. The summed E-state index contributed by atoms with van der Waals surface area (Å²) in [6.45, 7) is 2.08. The summed E-state index contributed by atoms with van der Waals surface area (Å²) in [6.07, 6.45) is 0.889. The number of fused-ring (bicyclic) bond motifs is 1. The number of hydrogen-bond donors (Lipinski definition) is 1. The molecule has 18 heavy (non-hydrogen) atoms. The molecule has 2 heterocycles. The van der Waals surface area contributed by atoms with E-state index in [-0.39, 0.29) is 12.1 Å². The van der Waals surface area contributed by atoms with Gasteiger partial charge in [-0.15, -0.1) is 11.3 Å². The highest BCUT2D eigenvalue weighted by atomic mass is 79.9. The lowest BCUT2D eigenvalue weighted by atomic mass is 9.95. The Labute approximate surface area is 119 Å². The van der Waals surface area contributed by atoms with Crippen LogP contribution in [0, 0.1) is 6.92 Å². The van der Waals surface area contributed by atoms with Crippen molar-refractivity contribution in [3.8, 4) is 5.75 Å². The fraction of sp³-hybridized carbons (Fsp3) is 0.286. The average molecular weight is 324 g/mol. The topological polar surface area (TPSA) is 35.2 Å². The van der Waals surface area contributed by atoms with Crippen LogP contribution in [0.3, 0.4) is 0 Å². The Morgan fingerprint density at radius 2 is 2.22 bits per heavy atom. The molecule has 2 unspecified atom stereocenters. The summed E-state index contributed by atoms with van der Waals surface area (Å²) < 4.78 is 7.19. The Kier molecular flexibility index (Phi) is 3.18. The minimum absolute atomic E-state index is 0.0487. The number of thiophene rings is 1. The highest BCUT2D eigenvalue weighted by molar-refractivity contribution is 9.10. The predicted molar refractivity (Wildman–Crippen MR) is 78.1 cm³/mol. The van der Waals surface area contributed by atoms with Crippen LogP contribution in [-0.2, 0) is 0 Å². The van der Waals surface area contributed by atoms with Crippen molar-refractivity contribution in [2.45, 2.75) is 25.5 Å². The van der Waals surface area contributed by atoms with Gasteiger partial charge >= 0.3 is 0 Å². The summed E-state index contributed by atoms with van der Waals surface area (Å²) in [5.74, 6) is 0.921. The molecule has 2 nitrogen and oxygen atoms in total. The van der Waals surface area contributed by atoms with Gasteiger partial charge in [-0.05, 0) is 40.4 Å². The molecule has 1 aromatic carbocycles. The van der Waals surface area contributed by atoms with Crippen molar-refractivity contribution < 1.29 is 4.74 Å². The first kappa shape index (κ1) is 12.2. The fourth-order valence-electron chi connectivity index (χ4n) is 2.32. The minimum Gasteiger partial charge on any atom is -0.484 e. The standard InChI is InChI=1S/C14H14BrNOS/c1-8-2-3-12-9(6-8)11(16)7-13(17-12)14-10(15)4-5-18-14/h2-6,11,13H,7,16H2,1H3. The molecule has 1 aliphatic heterocycles. The van der Waals surface area contributed by atoms with Crippen LogP contribution in [0.2, 0.25) is 0 Å². The summed E-state index contributed by atoms with van der Waals surface area (Å²) in [5.41, 5.74) is 8.62. The van der Waals surface area contributed by atoms with Crippen molar-refractivity contribution >= 4 is 27.3 Å². The van der Waals surface area contributed by atoms with Crippen molar-refractivity contribution in [1.82, 2.24) is 0 Å². The molecule has 0 radical (unpaired) electrons. The van der Waals surface area contributed by atoms with Crippen LogP contribution in [0.15, 0.2) is 34.1 Å². The van der Waals surface area contributed by atoms with Gasteiger partial charge in [0.15, 0.2) is 0 Å². The quantitative estimate of drug-likeness (QED) is 0.847. The van der Waals surface area contributed by atoms with Crippen LogP contribution in [0.5, 0.6) is 5.75 Å². The molecule has 4 heteroatoms. The number of benzene rings is 1. The number of ether oxygens (including phenoxy) is 1. The van der Waals surface area contributed by atoms with E-state index in [0.717, 1.165) is 22.2 Å². The molecule has 94 valence electrons. The first-order chi connectivity index (χ1) is 8.65. The van der Waals surface area contributed by atoms with Crippen molar-refractivity contribution in [2.75, 3.05) is 0 Å². The van der Waals surface area contributed by atoms with Crippen molar-refractivity contribution in [3.63, 3.8) is 0 Å². The maximum atomic E-state index is 6.27. The van der Waals surface area contributed by atoms with Gasteiger partial charge in [0.1, 0.15) is 11.9 Å². The third-order valence-corrected chi connectivity index (χ3v) is 5.20. The van der Waals surface area contributed by atoms with Gasteiger partial charge in [-0.25, -0.2) is 0 Å². The SMILES string of the molecule is Cc1ccc2c(c1)C(N)CC(c1sccc1Br)O2. The lowest BCUT2D eigenvalue weighted by Gasteiger charge is -2.30. The molecule has 0 bridgehead atoms. The van der Waals surface area contributed by atoms with Gasteiger partial charge in [0, 0.05) is 22.5 Å². The fourth-order valence-corrected chi connectivity index (χ4v) is 3.99. The van der Waals surface area contributed by atoms with Crippen LogP contribution in [0.25, 0.3) is 0 Å². The number of hydrogen-bond acceptors (Lipinski definition) is 3. The van der Waals surface area contributed by atoms with E-state index in [1.165, 1.54) is 10.4 Å². The molecular weight excluding hydrogens is 310 g/mol. The molecule has 0 amide bonds. The first-order valence-electron chi connectivity index (χ1n) is 5.91. The van der Waals surface area contributed by atoms with Crippen LogP contribution in [0.4, 0.5) is 0 Å². The number of halogens is 1. The molecule has 2 aromatic rings. The van der Waals surface area contributed by atoms with Crippen LogP contribution >= 0.6 is 27.3 Å².